The summed E-state index contributed by atoms with van der Waals surface area (Å²) in [5.41, 5.74) is 2.99. The third kappa shape index (κ3) is 7.00. The van der Waals surface area contributed by atoms with Crippen LogP contribution >= 0.6 is 0 Å². The van der Waals surface area contributed by atoms with E-state index in [1.807, 2.05) is 4.90 Å². The zero-order chi connectivity index (χ0) is 21.4. The van der Waals surface area contributed by atoms with Gasteiger partial charge in [0, 0.05) is 38.3 Å². The Morgan fingerprint density at radius 3 is 2.10 bits per heavy atom. The first-order valence-electron chi connectivity index (χ1n) is 9.05. The fraction of sp³-hybridized carbons (Fsp3) is 0.286. The number of aryl methyl sites for hydroxylation is 1. The molecule has 0 aliphatic carbocycles. The molecule has 1 fully saturated rings. The van der Waals surface area contributed by atoms with Crippen LogP contribution in [0, 0.1) is 12.7 Å². The minimum atomic E-state index is -1.82. The molecule has 1 saturated heterocycles. The van der Waals surface area contributed by atoms with Crippen LogP contribution in [-0.2, 0) is 16.1 Å². The van der Waals surface area contributed by atoms with Crippen LogP contribution in [0.25, 0.3) is 0 Å². The smallest absolute Gasteiger partial charge is 0.414 e. The van der Waals surface area contributed by atoms with E-state index in [-0.39, 0.29) is 11.7 Å². The monoisotopic (exact) mass is 402 g/mol. The Labute approximate surface area is 168 Å². The van der Waals surface area contributed by atoms with Gasteiger partial charge < -0.3 is 15.1 Å². The van der Waals surface area contributed by atoms with Crippen LogP contribution in [0.5, 0.6) is 0 Å². The lowest BCUT2D eigenvalue weighted by Gasteiger charge is -2.34. The molecular formula is C21H23FN2O5. The summed E-state index contributed by atoms with van der Waals surface area (Å²) in [7, 11) is 0. The number of nitrogens with zero attached hydrogens (tertiary/aromatic N) is 2. The number of benzene rings is 2. The molecule has 1 heterocycles. The summed E-state index contributed by atoms with van der Waals surface area (Å²) < 4.78 is 13.3. The topological polar surface area (TPSA) is 98.2 Å². The Bertz CT molecular complexity index is 867. The van der Waals surface area contributed by atoms with E-state index in [4.69, 9.17) is 19.8 Å². The van der Waals surface area contributed by atoms with Crippen LogP contribution in [0.2, 0.25) is 0 Å². The summed E-state index contributed by atoms with van der Waals surface area (Å²) in [4.78, 5) is 34.8. The lowest BCUT2D eigenvalue weighted by molar-refractivity contribution is -0.159. The van der Waals surface area contributed by atoms with Crippen molar-refractivity contribution in [2.75, 3.05) is 26.2 Å². The van der Waals surface area contributed by atoms with Crippen molar-refractivity contribution in [2.45, 2.75) is 13.5 Å². The van der Waals surface area contributed by atoms with Gasteiger partial charge in [-0.3, -0.25) is 9.69 Å². The molecule has 1 amide bonds. The average molecular weight is 402 g/mol. The molecule has 2 aromatic rings. The predicted molar refractivity (Wildman–Crippen MR) is 104 cm³/mol. The molecule has 29 heavy (non-hydrogen) atoms. The van der Waals surface area contributed by atoms with Crippen LogP contribution in [-0.4, -0.2) is 64.0 Å². The Hall–Kier alpha value is -3.26. The van der Waals surface area contributed by atoms with Crippen molar-refractivity contribution in [3.05, 3.63) is 71.0 Å². The summed E-state index contributed by atoms with van der Waals surface area (Å²) in [5.74, 6) is -4.10. The summed E-state index contributed by atoms with van der Waals surface area (Å²) in [6, 6.07) is 14.4. The van der Waals surface area contributed by atoms with Crippen LogP contribution in [0.3, 0.4) is 0 Å². The van der Waals surface area contributed by atoms with Gasteiger partial charge in [0.1, 0.15) is 5.82 Å². The van der Waals surface area contributed by atoms with Gasteiger partial charge in [0.05, 0.1) is 0 Å². The van der Waals surface area contributed by atoms with Gasteiger partial charge in [0.25, 0.3) is 5.91 Å². The minimum absolute atomic E-state index is 0.0836. The van der Waals surface area contributed by atoms with Gasteiger partial charge in [-0.05, 0) is 30.7 Å². The fourth-order valence-corrected chi connectivity index (χ4v) is 2.98. The van der Waals surface area contributed by atoms with E-state index >= 15 is 0 Å². The first-order valence-corrected chi connectivity index (χ1v) is 9.05. The van der Waals surface area contributed by atoms with Crippen LogP contribution in [0.15, 0.2) is 48.5 Å². The number of rotatable bonds is 3. The number of hydrogen-bond donors (Lipinski definition) is 2. The van der Waals surface area contributed by atoms with E-state index in [1.54, 1.807) is 12.1 Å². The second-order valence-electron chi connectivity index (χ2n) is 6.68. The lowest BCUT2D eigenvalue weighted by atomic mass is 10.1. The van der Waals surface area contributed by atoms with Crippen LogP contribution in [0.4, 0.5) is 4.39 Å². The standard InChI is InChI=1S/C19H21FN2O.C2H2O4/c1-15-4-2-5-16(12-15)14-21-8-10-22(11-9-21)19(23)17-6-3-7-18(20)13-17;3-1(4)2(5)6/h2-7,12-13H,8-11,14H2,1H3;(H,3,4)(H,5,6). The van der Waals surface area contributed by atoms with Crippen LogP contribution in [0.1, 0.15) is 21.5 Å². The van der Waals surface area contributed by atoms with Gasteiger partial charge >= 0.3 is 11.9 Å². The van der Waals surface area contributed by atoms with Gasteiger partial charge in [0.15, 0.2) is 0 Å². The van der Waals surface area contributed by atoms with Crippen molar-refractivity contribution < 1.29 is 29.0 Å². The predicted octanol–water partition coefficient (Wildman–Crippen LogP) is 2.25. The van der Waals surface area contributed by atoms with Gasteiger partial charge in [0.2, 0.25) is 0 Å². The van der Waals surface area contributed by atoms with E-state index in [0.29, 0.717) is 18.7 Å². The highest BCUT2D eigenvalue weighted by Gasteiger charge is 2.22. The second kappa shape index (κ2) is 10.3. The minimum Gasteiger partial charge on any atom is -0.473 e. The summed E-state index contributed by atoms with van der Waals surface area (Å²) in [5, 5.41) is 14.8. The summed E-state index contributed by atoms with van der Waals surface area (Å²) >= 11 is 0. The Kier molecular flexibility index (Phi) is 7.85. The molecule has 2 N–H and O–H groups in total. The number of piperazine rings is 1. The zero-order valence-corrected chi connectivity index (χ0v) is 16.0. The number of carbonyl (C=O) groups excluding carboxylic acids is 1. The number of hydrogen-bond acceptors (Lipinski definition) is 4. The molecule has 7 nitrogen and oxygen atoms in total. The number of amides is 1. The fourth-order valence-electron chi connectivity index (χ4n) is 2.98. The molecule has 8 heteroatoms. The summed E-state index contributed by atoms with van der Waals surface area (Å²) in [6.45, 7) is 6.05. The Morgan fingerprint density at radius 1 is 0.931 bits per heavy atom. The molecule has 1 aliphatic rings. The van der Waals surface area contributed by atoms with Crippen molar-refractivity contribution in [2.24, 2.45) is 0 Å². The first-order chi connectivity index (χ1) is 13.8. The molecule has 0 aromatic heterocycles. The van der Waals surface area contributed by atoms with E-state index in [9.17, 15) is 9.18 Å². The quantitative estimate of drug-likeness (QED) is 0.765. The first kappa shape index (κ1) is 22.0. The van der Waals surface area contributed by atoms with E-state index in [1.165, 1.54) is 23.3 Å². The number of carboxylic acids is 2. The van der Waals surface area contributed by atoms with Gasteiger partial charge in [-0.25, -0.2) is 14.0 Å². The normalized spacial score (nSPS) is 13.9. The SMILES string of the molecule is Cc1cccc(CN2CCN(C(=O)c3cccc(F)c3)CC2)c1.O=C(O)C(=O)O. The second-order valence-corrected chi connectivity index (χ2v) is 6.68. The van der Waals surface area contributed by atoms with Crippen molar-refractivity contribution in [1.82, 2.24) is 9.80 Å². The number of carboxylic acid groups (broad SMARTS) is 2. The Morgan fingerprint density at radius 2 is 1.55 bits per heavy atom. The van der Waals surface area contributed by atoms with Crippen LogP contribution < -0.4 is 0 Å². The molecule has 1 aliphatic heterocycles. The molecular weight excluding hydrogens is 379 g/mol. The zero-order valence-electron chi connectivity index (χ0n) is 16.0. The molecule has 0 radical (unpaired) electrons. The molecule has 3 rings (SSSR count). The lowest BCUT2D eigenvalue weighted by Crippen LogP contribution is -2.48. The van der Waals surface area contributed by atoms with Gasteiger partial charge in [-0.2, -0.15) is 0 Å². The highest BCUT2D eigenvalue weighted by atomic mass is 19.1. The maximum Gasteiger partial charge on any atom is 0.414 e. The van der Waals surface area contributed by atoms with Gasteiger partial charge in [-0.15, -0.1) is 0 Å². The molecule has 0 atom stereocenters. The van der Waals surface area contributed by atoms with Crippen molar-refractivity contribution in [1.29, 1.82) is 0 Å². The van der Waals surface area contributed by atoms with Crippen molar-refractivity contribution in [3.63, 3.8) is 0 Å². The van der Waals surface area contributed by atoms with Crippen molar-refractivity contribution in [3.8, 4) is 0 Å². The average Bonchev–Trinajstić information content (AvgIpc) is 2.68. The molecule has 0 saturated carbocycles. The number of carbonyl (C=O) groups is 3. The maximum absolute atomic E-state index is 13.3. The van der Waals surface area contributed by atoms with E-state index < -0.39 is 11.9 Å². The van der Waals surface area contributed by atoms with Gasteiger partial charge in [-0.1, -0.05) is 35.9 Å². The van der Waals surface area contributed by atoms with Crippen molar-refractivity contribution >= 4 is 17.8 Å². The largest absolute Gasteiger partial charge is 0.473 e. The van der Waals surface area contributed by atoms with E-state index in [2.05, 4.69) is 36.1 Å². The Balaban J connectivity index is 0.000000438. The highest BCUT2D eigenvalue weighted by molar-refractivity contribution is 6.27. The number of halogens is 1. The molecule has 2 aromatic carbocycles. The molecule has 0 unspecified atom stereocenters. The van der Waals surface area contributed by atoms with E-state index in [0.717, 1.165) is 19.6 Å². The third-order valence-corrected chi connectivity index (χ3v) is 4.40. The third-order valence-electron chi connectivity index (χ3n) is 4.40. The number of aliphatic carboxylic acids is 2. The highest BCUT2D eigenvalue weighted by Crippen LogP contribution is 2.13. The molecule has 0 bridgehead atoms. The maximum atomic E-state index is 13.3. The summed E-state index contributed by atoms with van der Waals surface area (Å²) in [6.07, 6.45) is 0. The molecule has 0 spiro atoms. The molecule has 154 valence electrons.